The molecule has 0 aliphatic heterocycles. The number of hydrogen-bond donors (Lipinski definition) is 2. The van der Waals surface area contributed by atoms with E-state index < -0.39 is 11.9 Å². The highest BCUT2D eigenvalue weighted by atomic mass is 16.5. The van der Waals surface area contributed by atoms with Gasteiger partial charge in [0.15, 0.2) is 0 Å². The molecule has 1 fully saturated rings. The van der Waals surface area contributed by atoms with Crippen molar-refractivity contribution in [3.8, 4) is 0 Å². The van der Waals surface area contributed by atoms with Crippen molar-refractivity contribution in [1.29, 1.82) is 0 Å². The number of aliphatic carboxylic acids is 1. The summed E-state index contributed by atoms with van der Waals surface area (Å²) in [6, 6.07) is 0. The standard InChI is InChI=1S/C11H19NO4/c1-7-5-8(9(6-7)11(14)15)10(13)12-3-4-16-2/h7-9H,3-6H2,1-2H3,(H,12,13)(H,14,15)/t7?,8-,9+/m0/s1. The summed E-state index contributed by atoms with van der Waals surface area (Å²) < 4.78 is 4.82. The highest BCUT2D eigenvalue weighted by Crippen LogP contribution is 2.36. The SMILES string of the molecule is COCCNC(=O)[C@H]1CC(C)C[C@H]1C(=O)O. The van der Waals surface area contributed by atoms with Gasteiger partial charge in [-0.05, 0) is 18.8 Å². The molecule has 0 radical (unpaired) electrons. The Kier molecular flexibility index (Phi) is 4.73. The minimum atomic E-state index is -0.865. The van der Waals surface area contributed by atoms with Gasteiger partial charge >= 0.3 is 5.97 Å². The van der Waals surface area contributed by atoms with E-state index in [-0.39, 0.29) is 11.8 Å². The van der Waals surface area contributed by atoms with Crippen molar-refractivity contribution in [2.75, 3.05) is 20.3 Å². The van der Waals surface area contributed by atoms with Crippen LogP contribution in [0.2, 0.25) is 0 Å². The predicted molar refractivity (Wildman–Crippen MR) is 57.9 cm³/mol. The van der Waals surface area contributed by atoms with E-state index in [0.717, 1.165) is 0 Å². The van der Waals surface area contributed by atoms with Crippen LogP contribution >= 0.6 is 0 Å². The summed E-state index contributed by atoms with van der Waals surface area (Å²) in [5, 5.41) is 11.7. The maximum absolute atomic E-state index is 11.8. The van der Waals surface area contributed by atoms with E-state index in [1.165, 1.54) is 0 Å². The van der Waals surface area contributed by atoms with Gasteiger partial charge in [-0.2, -0.15) is 0 Å². The summed E-state index contributed by atoms with van der Waals surface area (Å²) in [5.41, 5.74) is 0. The summed E-state index contributed by atoms with van der Waals surface area (Å²) >= 11 is 0. The fourth-order valence-electron chi connectivity index (χ4n) is 2.26. The third-order valence-electron chi connectivity index (χ3n) is 3.06. The number of carbonyl (C=O) groups excluding carboxylic acids is 1. The highest BCUT2D eigenvalue weighted by Gasteiger charge is 2.40. The van der Waals surface area contributed by atoms with Crippen LogP contribution in [0.15, 0.2) is 0 Å². The summed E-state index contributed by atoms with van der Waals surface area (Å²) in [4.78, 5) is 22.7. The molecule has 5 nitrogen and oxygen atoms in total. The maximum atomic E-state index is 11.8. The Bertz CT molecular complexity index is 267. The third-order valence-corrected chi connectivity index (χ3v) is 3.06. The van der Waals surface area contributed by atoms with Crippen LogP contribution < -0.4 is 5.32 Å². The summed E-state index contributed by atoms with van der Waals surface area (Å²) in [6.45, 7) is 2.87. The second kappa shape index (κ2) is 5.84. The van der Waals surface area contributed by atoms with Gasteiger partial charge in [0, 0.05) is 13.7 Å². The number of rotatable bonds is 5. The quantitative estimate of drug-likeness (QED) is 0.673. The second-order valence-electron chi connectivity index (χ2n) is 4.41. The van der Waals surface area contributed by atoms with E-state index in [9.17, 15) is 9.59 Å². The Hall–Kier alpha value is -1.10. The molecule has 0 aromatic carbocycles. The van der Waals surface area contributed by atoms with Gasteiger partial charge in [-0.25, -0.2) is 0 Å². The van der Waals surface area contributed by atoms with E-state index in [4.69, 9.17) is 9.84 Å². The molecule has 0 spiro atoms. The van der Waals surface area contributed by atoms with E-state index in [1.807, 2.05) is 6.92 Å². The van der Waals surface area contributed by atoms with Crippen LogP contribution in [0, 0.1) is 17.8 Å². The van der Waals surface area contributed by atoms with Crippen LogP contribution in [0.4, 0.5) is 0 Å². The van der Waals surface area contributed by atoms with Gasteiger partial charge in [-0.1, -0.05) is 6.92 Å². The molecule has 1 saturated carbocycles. The summed E-state index contributed by atoms with van der Waals surface area (Å²) in [7, 11) is 1.56. The fraction of sp³-hybridized carbons (Fsp3) is 0.818. The first-order chi connectivity index (χ1) is 7.56. The van der Waals surface area contributed by atoms with Crippen LogP contribution in [0.1, 0.15) is 19.8 Å². The number of carboxylic acids is 1. The van der Waals surface area contributed by atoms with Crippen molar-refractivity contribution in [2.45, 2.75) is 19.8 Å². The van der Waals surface area contributed by atoms with Gasteiger partial charge in [0.1, 0.15) is 0 Å². The Morgan fingerprint density at radius 1 is 1.38 bits per heavy atom. The lowest BCUT2D eigenvalue weighted by atomic mass is 9.95. The molecule has 1 amide bonds. The topological polar surface area (TPSA) is 75.6 Å². The number of nitrogens with one attached hydrogen (secondary N) is 1. The lowest BCUT2D eigenvalue weighted by Crippen LogP contribution is -2.36. The smallest absolute Gasteiger partial charge is 0.307 e. The zero-order valence-corrected chi connectivity index (χ0v) is 9.73. The zero-order chi connectivity index (χ0) is 12.1. The molecule has 0 bridgehead atoms. The lowest BCUT2D eigenvalue weighted by Gasteiger charge is -2.15. The predicted octanol–water partition coefficient (Wildman–Crippen LogP) is 0.496. The number of amides is 1. The normalized spacial score (nSPS) is 29.0. The van der Waals surface area contributed by atoms with E-state index in [2.05, 4.69) is 5.32 Å². The minimum absolute atomic E-state index is 0.159. The maximum Gasteiger partial charge on any atom is 0.307 e. The first-order valence-electron chi connectivity index (χ1n) is 5.55. The van der Waals surface area contributed by atoms with Crippen molar-refractivity contribution < 1.29 is 19.4 Å². The average molecular weight is 229 g/mol. The van der Waals surface area contributed by atoms with E-state index in [1.54, 1.807) is 7.11 Å². The Labute approximate surface area is 95.2 Å². The molecule has 1 aliphatic carbocycles. The van der Waals surface area contributed by atoms with Crippen LogP contribution in [-0.4, -0.2) is 37.2 Å². The fourth-order valence-corrected chi connectivity index (χ4v) is 2.26. The molecule has 2 N–H and O–H groups in total. The van der Waals surface area contributed by atoms with E-state index >= 15 is 0 Å². The Balaban J connectivity index is 2.50. The third kappa shape index (κ3) is 3.20. The van der Waals surface area contributed by atoms with E-state index in [0.29, 0.717) is 31.9 Å². The van der Waals surface area contributed by atoms with Gasteiger partial charge < -0.3 is 15.2 Å². The molecule has 0 saturated heterocycles. The molecule has 16 heavy (non-hydrogen) atoms. The van der Waals surface area contributed by atoms with Gasteiger partial charge in [0.05, 0.1) is 18.4 Å². The number of hydrogen-bond acceptors (Lipinski definition) is 3. The number of ether oxygens (including phenoxy) is 1. The summed E-state index contributed by atoms with van der Waals surface area (Å²) in [6.07, 6.45) is 1.26. The molecule has 1 unspecified atom stereocenters. The van der Waals surface area contributed by atoms with Gasteiger partial charge in [0.2, 0.25) is 5.91 Å². The molecular weight excluding hydrogens is 210 g/mol. The first-order valence-corrected chi connectivity index (χ1v) is 5.55. The minimum Gasteiger partial charge on any atom is -0.481 e. The molecule has 0 heterocycles. The largest absolute Gasteiger partial charge is 0.481 e. The average Bonchev–Trinajstić information content (AvgIpc) is 2.61. The van der Waals surface area contributed by atoms with Crippen LogP contribution in [0.3, 0.4) is 0 Å². The van der Waals surface area contributed by atoms with Crippen molar-refractivity contribution in [2.24, 2.45) is 17.8 Å². The molecule has 3 atom stereocenters. The van der Waals surface area contributed by atoms with Gasteiger partial charge in [0.25, 0.3) is 0 Å². The van der Waals surface area contributed by atoms with Gasteiger partial charge in [-0.15, -0.1) is 0 Å². The molecule has 0 aromatic rings. The molecule has 0 aromatic heterocycles. The first kappa shape index (κ1) is 13.0. The van der Waals surface area contributed by atoms with Crippen LogP contribution in [0.25, 0.3) is 0 Å². The molecule has 92 valence electrons. The molecule has 1 aliphatic rings. The monoisotopic (exact) mass is 229 g/mol. The number of carboxylic acid groups (broad SMARTS) is 1. The second-order valence-corrected chi connectivity index (χ2v) is 4.41. The molecular formula is C11H19NO4. The van der Waals surface area contributed by atoms with Crippen molar-refractivity contribution in [3.05, 3.63) is 0 Å². The number of methoxy groups -OCH3 is 1. The highest BCUT2D eigenvalue weighted by molar-refractivity contribution is 5.85. The Morgan fingerprint density at radius 2 is 2.00 bits per heavy atom. The zero-order valence-electron chi connectivity index (χ0n) is 9.73. The Morgan fingerprint density at radius 3 is 2.56 bits per heavy atom. The van der Waals surface area contributed by atoms with Crippen molar-refractivity contribution in [1.82, 2.24) is 5.32 Å². The van der Waals surface area contributed by atoms with Crippen molar-refractivity contribution >= 4 is 11.9 Å². The van der Waals surface area contributed by atoms with Crippen LogP contribution in [0.5, 0.6) is 0 Å². The van der Waals surface area contributed by atoms with Crippen molar-refractivity contribution in [3.63, 3.8) is 0 Å². The number of carbonyl (C=O) groups is 2. The van der Waals surface area contributed by atoms with Crippen LogP contribution in [-0.2, 0) is 14.3 Å². The lowest BCUT2D eigenvalue weighted by molar-refractivity contribution is -0.146. The molecule has 1 rings (SSSR count). The summed E-state index contributed by atoms with van der Waals surface area (Å²) in [5.74, 6) is -1.63. The molecule has 5 heteroatoms. The van der Waals surface area contributed by atoms with Gasteiger partial charge in [-0.3, -0.25) is 9.59 Å².